The molecule has 0 atom stereocenters. The Labute approximate surface area is 198 Å². The molecule has 1 aromatic carbocycles. The fourth-order valence-electron chi connectivity index (χ4n) is 6.80. The number of aromatic nitrogens is 4. The Morgan fingerprint density at radius 3 is 2.45 bits per heavy atom. The van der Waals surface area contributed by atoms with Gasteiger partial charge < -0.3 is 5.32 Å². The molecule has 4 aliphatic carbocycles. The summed E-state index contributed by atoms with van der Waals surface area (Å²) in [6.45, 7) is 2.08. The van der Waals surface area contributed by atoms with Gasteiger partial charge in [-0.25, -0.2) is 0 Å². The zero-order valence-corrected chi connectivity index (χ0v) is 19.7. The summed E-state index contributed by atoms with van der Waals surface area (Å²) in [4.78, 5) is 17.3. The lowest BCUT2D eigenvalue weighted by molar-refractivity contribution is -0.124. The second-order valence-corrected chi connectivity index (χ2v) is 11.1. The quantitative estimate of drug-likeness (QED) is 0.535. The second-order valence-electron chi connectivity index (χ2n) is 10.2. The second kappa shape index (κ2) is 8.28. The molecule has 1 amide bonds. The van der Waals surface area contributed by atoms with E-state index in [0.29, 0.717) is 5.75 Å². The third kappa shape index (κ3) is 3.97. The number of aryl methyl sites for hydroxylation is 1. The van der Waals surface area contributed by atoms with Gasteiger partial charge in [-0.15, -0.1) is 10.2 Å². The SMILES string of the molecule is Cc1ccccc1-n1c(SCC(=O)NC23CC4CC(CC(C4)C2)C3)nnc1-c1cccnc1. The molecule has 170 valence electrons. The van der Waals surface area contributed by atoms with Crippen LogP contribution >= 0.6 is 11.8 Å². The smallest absolute Gasteiger partial charge is 0.230 e. The number of carbonyl (C=O) groups excluding carboxylic acids is 1. The van der Waals surface area contributed by atoms with Crippen LogP contribution in [0.15, 0.2) is 53.9 Å². The topological polar surface area (TPSA) is 72.7 Å². The number of nitrogens with zero attached hydrogens (tertiary/aromatic N) is 4. The molecule has 6 nitrogen and oxygen atoms in total. The van der Waals surface area contributed by atoms with Gasteiger partial charge in [0.1, 0.15) is 0 Å². The largest absolute Gasteiger partial charge is 0.350 e. The molecular weight excluding hydrogens is 430 g/mol. The van der Waals surface area contributed by atoms with E-state index in [-0.39, 0.29) is 11.4 Å². The number of benzene rings is 1. The van der Waals surface area contributed by atoms with Gasteiger partial charge in [0.05, 0.1) is 11.4 Å². The Kier molecular flexibility index (Phi) is 5.24. The monoisotopic (exact) mass is 459 g/mol. The van der Waals surface area contributed by atoms with Gasteiger partial charge >= 0.3 is 0 Å². The minimum absolute atomic E-state index is 0.0386. The van der Waals surface area contributed by atoms with Crippen molar-refractivity contribution in [2.24, 2.45) is 17.8 Å². The van der Waals surface area contributed by atoms with E-state index in [0.717, 1.165) is 45.5 Å². The Bertz CT molecular complexity index is 1140. The lowest BCUT2D eigenvalue weighted by Crippen LogP contribution is -2.60. The van der Waals surface area contributed by atoms with E-state index in [9.17, 15) is 4.79 Å². The van der Waals surface area contributed by atoms with E-state index in [1.165, 1.54) is 50.3 Å². The Balaban J connectivity index is 1.23. The minimum Gasteiger partial charge on any atom is -0.350 e. The van der Waals surface area contributed by atoms with Crippen LogP contribution in [0, 0.1) is 24.7 Å². The first-order chi connectivity index (χ1) is 16.1. The number of thioether (sulfide) groups is 1. The van der Waals surface area contributed by atoms with Crippen LogP contribution in [0.25, 0.3) is 17.1 Å². The van der Waals surface area contributed by atoms with Crippen molar-refractivity contribution in [2.45, 2.75) is 56.1 Å². The first-order valence-electron chi connectivity index (χ1n) is 11.9. The van der Waals surface area contributed by atoms with Gasteiger partial charge in [0.15, 0.2) is 11.0 Å². The maximum absolute atomic E-state index is 13.1. The molecule has 4 bridgehead atoms. The van der Waals surface area contributed by atoms with Gasteiger partial charge in [-0.2, -0.15) is 0 Å². The first kappa shape index (κ1) is 20.9. The van der Waals surface area contributed by atoms with E-state index in [2.05, 4.69) is 44.1 Å². The van der Waals surface area contributed by atoms with Crippen LogP contribution in [-0.4, -0.2) is 36.9 Å². The number of pyridine rings is 1. The van der Waals surface area contributed by atoms with Crippen molar-refractivity contribution in [2.75, 3.05) is 5.75 Å². The lowest BCUT2D eigenvalue weighted by atomic mass is 9.53. The average Bonchev–Trinajstić information content (AvgIpc) is 3.21. The summed E-state index contributed by atoms with van der Waals surface area (Å²) in [6, 6.07) is 12.1. The number of hydrogen-bond donors (Lipinski definition) is 1. The van der Waals surface area contributed by atoms with Crippen molar-refractivity contribution < 1.29 is 4.79 Å². The predicted octanol–water partition coefficient (Wildman–Crippen LogP) is 4.81. The summed E-state index contributed by atoms with van der Waals surface area (Å²) in [5, 5.41) is 13.2. The molecule has 1 N–H and O–H groups in total. The number of carbonyl (C=O) groups is 1. The zero-order chi connectivity index (χ0) is 22.4. The molecule has 3 aromatic rings. The molecule has 7 heteroatoms. The summed E-state index contributed by atoms with van der Waals surface area (Å²) < 4.78 is 2.05. The van der Waals surface area contributed by atoms with Crippen LogP contribution in [0.4, 0.5) is 0 Å². The normalized spacial score (nSPS) is 27.6. The highest BCUT2D eigenvalue weighted by Gasteiger charge is 2.51. The molecule has 4 fully saturated rings. The van der Waals surface area contributed by atoms with Crippen molar-refractivity contribution in [3.05, 3.63) is 54.4 Å². The molecule has 0 unspecified atom stereocenters. The summed E-state index contributed by atoms with van der Waals surface area (Å²) >= 11 is 1.46. The minimum atomic E-state index is 0.0386. The number of para-hydroxylation sites is 1. The molecule has 2 aromatic heterocycles. The van der Waals surface area contributed by atoms with Crippen LogP contribution in [0.1, 0.15) is 44.1 Å². The molecule has 7 rings (SSSR count). The van der Waals surface area contributed by atoms with Crippen LogP contribution in [0.3, 0.4) is 0 Å². The maximum Gasteiger partial charge on any atom is 0.230 e. The fourth-order valence-corrected chi connectivity index (χ4v) is 7.55. The molecule has 33 heavy (non-hydrogen) atoms. The van der Waals surface area contributed by atoms with Crippen LogP contribution in [0.5, 0.6) is 0 Å². The highest BCUT2D eigenvalue weighted by molar-refractivity contribution is 7.99. The molecular formula is C26H29N5OS. The van der Waals surface area contributed by atoms with Gasteiger partial charge in [0, 0.05) is 23.5 Å². The maximum atomic E-state index is 13.1. The number of amides is 1. The molecule has 0 spiro atoms. The lowest BCUT2D eigenvalue weighted by Gasteiger charge is -2.56. The van der Waals surface area contributed by atoms with Gasteiger partial charge in [-0.1, -0.05) is 30.0 Å². The van der Waals surface area contributed by atoms with Crippen LogP contribution in [-0.2, 0) is 4.79 Å². The zero-order valence-electron chi connectivity index (χ0n) is 18.9. The van der Waals surface area contributed by atoms with Gasteiger partial charge in [-0.05, 0) is 87.0 Å². The molecule has 0 saturated heterocycles. The van der Waals surface area contributed by atoms with Gasteiger partial charge in [0.25, 0.3) is 0 Å². The fraction of sp³-hybridized carbons (Fsp3) is 0.462. The Morgan fingerprint density at radius 2 is 1.79 bits per heavy atom. The Hall–Kier alpha value is -2.67. The molecule has 0 radical (unpaired) electrons. The average molecular weight is 460 g/mol. The number of rotatable bonds is 6. The van der Waals surface area contributed by atoms with Crippen LogP contribution < -0.4 is 5.32 Å². The summed E-state index contributed by atoms with van der Waals surface area (Å²) in [7, 11) is 0. The summed E-state index contributed by atoms with van der Waals surface area (Å²) in [6.07, 6.45) is 11.2. The predicted molar refractivity (Wildman–Crippen MR) is 129 cm³/mol. The number of hydrogen-bond acceptors (Lipinski definition) is 5. The van der Waals surface area contributed by atoms with Crippen LogP contribution in [0.2, 0.25) is 0 Å². The van der Waals surface area contributed by atoms with Gasteiger partial charge in [-0.3, -0.25) is 14.3 Å². The standard InChI is InChI=1S/C26H29N5OS/c1-17-5-2-3-7-22(17)31-24(21-6-4-8-27-15-21)29-30-25(31)33-16-23(32)28-26-12-18-9-19(13-26)11-20(10-18)14-26/h2-8,15,18-20H,9-14,16H2,1H3,(H,28,32). The molecule has 2 heterocycles. The van der Waals surface area contributed by atoms with Crippen molar-refractivity contribution in [3.63, 3.8) is 0 Å². The van der Waals surface area contributed by atoms with E-state index < -0.39 is 0 Å². The third-order valence-corrected chi connectivity index (χ3v) is 8.61. The molecule has 4 saturated carbocycles. The van der Waals surface area contributed by atoms with E-state index in [4.69, 9.17) is 0 Å². The third-order valence-electron chi connectivity index (χ3n) is 7.68. The molecule has 4 aliphatic rings. The van der Waals surface area contributed by atoms with Gasteiger partial charge in [0.2, 0.25) is 5.91 Å². The highest BCUT2D eigenvalue weighted by Crippen LogP contribution is 2.55. The van der Waals surface area contributed by atoms with Crippen molar-refractivity contribution in [1.29, 1.82) is 0 Å². The van der Waals surface area contributed by atoms with E-state index in [1.807, 2.05) is 24.3 Å². The Morgan fingerprint density at radius 1 is 1.06 bits per heavy atom. The number of nitrogens with one attached hydrogen (secondary N) is 1. The summed E-state index contributed by atoms with van der Waals surface area (Å²) in [5.41, 5.74) is 3.09. The van der Waals surface area contributed by atoms with Crippen molar-refractivity contribution in [1.82, 2.24) is 25.1 Å². The van der Waals surface area contributed by atoms with Crippen molar-refractivity contribution >= 4 is 17.7 Å². The van der Waals surface area contributed by atoms with E-state index >= 15 is 0 Å². The van der Waals surface area contributed by atoms with E-state index in [1.54, 1.807) is 12.4 Å². The van der Waals surface area contributed by atoms with Crippen molar-refractivity contribution in [3.8, 4) is 17.1 Å². The summed E-state index contributed by atoms with van der Waals surface area (Å²) in [5.74, 6) is 3.64. The first-order valence-corrected chi connectivity index (χ1v) is 12.9. The molecule has 0 aliphatic heterocycles. The highest BCUT2D eigenvalue weighted by atomic mass is 32.2.